The van der Waals surface area contributed by atoms with Gasteiger partial charge in [0.25, 0.3) is 5.91 Å². The topological polar surface area (TPSA) is 66.9 Å². The average Bonchev–Trinajstić information content (AvgIpc) is 2.67. The van der Waals surface area contributed by atoms with Crippen LogP contribution in [0.15, 0.2) is 23.1 Å². The fraction of sp³-hybridized carbons (Fsp3) is 0.650. The quantitative estimate of drug-likeness (QED) is 0.762. The van der Waals surface area contributed by atoms with Crippen LogP contribution in [-0.2, 0) is 14.8 Å². The minimum Gasteiger partial charge on any atom is -0.379 e. The van der Waals surface area contributed by atoms with Gasteiger partial charge in [-0.25, -0.2) is 12.8 Å². The molecule has 6 nitrogen and oxygen atoms in total. The zero-order valence-electron chi connectivity index (χ0n) is 16.4. The fourth-order valence-corrected chi connectivity index (χ4v) is 5.45. The Morgan fingerprint density at radius 1 is 1.11 bits per heavy atom. The second-order valence-electron chi connectivity index (χ2n) is 7.58. The standard InChI is InChI=1S/C20H29FN2O4S/c1-22(17-7-5-3-2-4-6-8-17)20(24)16-9-10-18(21)19(15-16)28(25,26)23-11-13-27-14-12-23/h9-10,15,17H,2-8,11-14H2,1H3. The largest absolute Gasteiger partial charge is 0.379 e. The number of hydrogen-bond acceptors (Lipinski definition) is 4. The number of hydrogen-bond donors (Lipinski definition) is 0. The predicted octanol–water partition coefficient (Wildman–Crippen LogP) is 3.03. The molecule has 0 bridgehead atoms. The normalized spacial score (nSPS) is 20.4. The van der Waals surface area contributed by atoms with E-state index >= 15 is 0 Å². The molecule has 1 aromatic rings. The summed E-state index contributed by atoms with van der Waals surface area (Å²) >= 11 is 0. The zero-order chi connectivity index (χ0) is 20.1. The van der Waals surface area contributed by atoms with Crippen LogP contribution in [0.2, 0.25) is 0 Å². The van der Waals surface area contributed by atoms with E-state index in [-0.39, 0.29) is 43.8 Å². The molecule has 2 fully saturated rings. The maximum atomic E-state index is 14.4. The number of carbonyl (C=O) groups excluding carboxylic acids is 1. The molecular formula is C20H29FN2O4S. The van der Waals surface area contributed by atoms with Gasteiger partial charge in [0.15, 0.2) is 0 Å². The van der Waals surface area contributed by atoms with Crippen molar-refractivity contribution >= 4 is 15.9 Å². The van der Waals surface area contributed by atoms with Crippen molar-refractivity contribution in [2.45, 2.75) is 55.9 Å². The predicted molar refractivity (Wildman–Crippen MR) is 104 cm³/mol. The highest BCUT2D eigenvalue weighted by molar-refractivity contribution is 7.89. The summed E-state index contributed by atoms with van der Waals surface area (Å²) in [5, 5.41) is 0. The molecule has 1 saturated heterocycles. The van der Waals surface area contributed by atoms with E-state index in [1.54, 1.807) is 11.9 Å². The highest BCUT2D eigenvalue weighted by Gasteiger charge is 2.30. The molecule has 0 atom stereocenters. The smallest absolute Gasteiger partial charge is 0.253 e. The highest BCUT2D eigenvalue weighted by Crippen LogP contribution is 2.25. The molecule has 0 spiro atoms. The Morgan fingerprint density at radius 3 is 2.36 bits per heavy atom. The van der Waals surface area contributed by atoms with Gasteiger partial charge in [-0.15, -0.1) is 0 Å². The first-order valence-corrected chi connectivity index (χ1v) is 11.5. The lowest BCUT2D eigenvalue weighted by Gasteiger charge is -2.30. The molecular weight excluding hydrogens is 383 g/mol. The zero-order valence-corrected chi connectivity index (χ0v) is 17.2. The molecule has 28 heavy (non-hydrogen) atoms. The second kappa shape index (κ2) is 9.33. The van der Waals surface area contributed by atoms with Gasteiger partial charge in [0.05, 0.1) is 13.2 Å². The van der Waals surface area contributed by atoms with Crippen LogP contribution in [-0.4, -0.2) is 62.9 Å². The van der Waals surface area contributed by atoms with Crippen LogP contribution in [0.25, 0.3) is 0 Å². The van der Waals surface area contributed by atoms with Crippen molar-refractivity contribution in [1.29, 1.82) is 0 Å². The van der Waals surface area contributed by atoms with Crippen molar-refractivity contribution < 1.29 is 22.3 Å². The Hall–Kier alpha value is -1.51. The van der Waals surface area contributed by atoms with E-state index in [9.17, 15) is 17.6 Å². The number of morpholine rings is 1. The molecule has 0 aromatic heterocycles. The van der Waals surface area contributed by atoms with E-state index < -0.39 is 20.7 Å². The van der Waals surface area contributed by atoms with Gasteiger partial charge in [0.2, 0.25) is 10.0 Å². The molecule has 156 valence electrons. The van der Waals surface area contributed by atoms with Gasteiger partial charge in [0, 0.05) is 31.7 Å². The van der Waals surface area contributed by atoms with E-state index in [0.717, 1.165) is 31.7 Å². The molecule has 0 radical (unpaired) electrons. The molecule has 1 aliphatic carbocycles. The van der Waals surface area contributed by atoms with Crippen molar-refractivity contribution in [2.24, 2.45) is 0 Å². The van der Waals surface area contributed by atoms with Crippen molar-refractivity contribution in [3.8, 4) is 0 Å². The molecule has 2 aliphatic rings. The first-order valence-electron chi connectivity index (χ1n) is 10.1. The van der Waals surface area contributed by atoms with Gasteiger partial charge in [-0.2, -0.15) is 4.31 Å². The summed E-state index contributed by atoms with van der Waals surface area (Å²) in [5.41, 5.74) is 0.206. The van der Waals surface area contributed by atoms with Gasteiger partial charge < -0.3 is 9.64 Å². The lowest BCUT2D eigenvalue weighted by molar-refractivity contribution is 0.0705. The summed E-state index contributed by atoms with van der Waals surface area (Å²) in [4.78, 5) is 14.2. The number of carbonyl (C=O) groups is 1. The molecule has 1 aliphatic heterocycles. The summed E-state index contributed by atoms with van der Waals surface area (Å²) in [6.45, 7) is 0.928. The first kappa shape index (κ1) is 21.2. The molecule has 0 N–H and O–H groups in total. The van der Waals surface area contributed by atoms with Gasteiger partial charge >= 0.3 is 0 Å². The van der Waals surface area contributed by atoms with Crippen LogP contribution in [0.1, 0.15) is 55.3 Å². The molecule has 1 heterocycles. The molecule has 0 unspecified atom stereocenters. The van der Waals surface area contributed by atoms with E-state index in [4.69, 9.17) is 4.74 Å². The molecule has 3 rings (SSSR count). The Balaban J connectivity index is 1.82. The summed E-state index contributed by atoms with van der Waals surface area (Å²) in [7, 11) is -2.24. The van der Waals surface area contributed by atoms with Crippen molar-refractivity contribution in [1.82, 2.24) is 9.21 Å². The third-order valence-electron chi connectivity index (χ3n) is 5.71. The molecule has 1 saturated carbocycles. The van der Waals surface area contributed by atoms with Crippen LogP contribution < -0.4 is 0 Å². The minimum atomic E-state index is -4.00. The minimum absolute atomic E-state index is 0.136. The van der Waals surface area contributed by atoms with E-state index in [2.05, 4.69) is 0 Å². The summed E-state index contributed by atoms with van der Waals surface area (Å²) in [6, 6.07) is 3.77. The van der Waals surface area contributed by atoms with Gasteiger partial charge in [-0.05, 0) is 31.0 Å². The van der Waals surface area contributed by atoms with Crippen molar-refractivity contribution in [3.05, 3.63) is 29.6 Å². The van der Waals surface area contributed by atoms with Gasteiger partial charge in [-0.1, -0.05) is 32.1 Å². The Labute approximate surface area is 166 Å². The third kappa shape index (κ3) is 4.72. The number of halogens is 1. The number of ether oxygens (including phenoxy) is 1. The van der Waals surface area contributed by atoms with Crippen molar-refractivity contribution in [3.63, 3.8) is 0 Å². The number of amides is 1. The van der Waals surface area contributed by atoms with E-state index in [1.807, 2.05) is 0 Å². The molecule has 1 aromatic carbocycles. The van der Waals surface area contributed by atoms with Crippen LogP contribution in [0.3, 0.4) is 0 Å². The van der Waals surface area contributed by atoms with Crippen LogP contribution in [0, 0.1) is 5.82 Å². The maximum Gasteiger partial charge on any atom is 0.253 e. The van der Waals surface area contributed by atoms with Crippen LogP contribution >= 0.6 is 0 Å². The average molecular weight is 413 g/mol. The summed E-state index contributed by atoms with van der Waals surface area (Å²) in [5.74, 6) is -1.10. The van der Waals surface area contributed by atoms with Gasteiger partial charge in [-0.3, -0.25) is 4.79 Å². The Morgan fingerprint density at radius 2 is 1.71 bits per heavy atom. The number of benzene rings is 1. The van der Waals surface area contributed by atoms with E-state index in [1.165, 1.54) is 35.7 Å². The lowest BCUT2D eigenvalue weighted by Crippen LogP contribution is -2.41. The van der Waals surface area contributed by atoms with Crippen LogP contribution in [0.5, 0.6) is 0 Å². The monoisotopic (exact) mass is 412 g/mol. The molecule has 8 heteroatoms. The molecule has 1 amide bonds. The number of rotatable bonds is 4. The third-order valence-corrected chi connectivity index (χ3v) is 7.62. The second-order valence-corrected chi connectivity index (χ2v) is 9.48. The Bertz CT molecular complexity index is 785. The van der Waals surface area contributed by atoms with E-state index in [0.29, 0.717) is 0 Å². The lowest BCUT2D eigenvalue weighted by atomic mass is 9.95. The summed E-state index contributed by atoms with van der Waals surface area (Å²) < 4.78 is 46.5. The number of nitrogens with zero attached hydrogens (tertiary/aromatic N) is 2. The summed E-state index contributed by atoms with van der Waals surface area (Å²) in [6.07, 6.45) is 7.66. The van der Waals surface area contributed by atoms with Crippen LogP contribution in [0.4, 0.5) is 4.39 Å². The maximum absolute atomic E-state index is 14.4. The van der Waals surface area contributed by atoms with Gasteiger partial charge in [0.1, 0.15) is 10.7 Å². The SMILES string of the molecule is CN(C(=O)c1ccc(F)c(S(=O)(=O)N2CCOCC2)c1)C1CCCCCCC1. The van der Waals surface area contributed by atoms with Crippen molar-refractivity contribution in [2.75, 3.05) is 33.4 Å². The Kier molecular flexibility index (Phi) is 7.06. The first-order chi connectivity index (χ1) is 13.4. The highest BCUT2D eigenvalue weighted by atomic mass is 32.2. The number of sulfonamides is 1. The fourth-order valence-electron chi connectivity index (χ4n) is 3.95.